The SMILES string of the molecule is CCNCc1cc(F)c(Oc2ccc(I)cc2)c(F)c1. The lowest BCUT2D eigenvalue weighted by atomic mass is 10.2. The predicted molar refractivity (Wildman–Crippen MR) is 83.0 cm³/mol. The summed E-state index contributed by atoms with van der Waals surface area (Å²) < 4.78 is 34.1. The topological polar surface area (TPSA) is 21.3 Å². The Labute approximate surface area is 130 Å². The number of hydrogen-bond donors (Lipinski definition) is 1. The zero-order valence-electron chi connectivity index (χ0n) is 10.9. The highest BCUT2D eigenvalue weighted by Gasteiger charge is 2.13. The molecule has 0 saturated heterocycles. The Balaban J connectivity index is 2.21. The van der Waals surface area contributed by atoms with E-state index in [1.54, 1.807) is 12.1 Å². The van der Waals surface area contributed by atoms with Crippen LogP contribution in [-0.4, -0.2) is 6.54 Å². The molecule has 2 aromatic carbocycles. The summed E-state index contributed by atoms with van der Waals surface area (Å²) in [4.78, 5) is 0. The molecule has 2 rings (SSSR count). The van der Waals surface area contributed by atoms with Crippen LogP contribution in [0.2, 0.25) is 0 Å². The molecule has 0 fully saturated rings. The van der Waals surface area contributed by atoms with Crippen LogP contribution in [0.1, 0.15) is 12.5 Å². The van der Waals surface area contributed by atoms with Gasteiger partial charge in [0.2, 0.25) is 0 Å². The van der Waals surface area contributed by atoms with Gasteiger partial charge >= 0.3 is 0 Å². The summed E-state index contributed by atoms with van der Waals surface area (Å²) in [7, 11) is 0. The van der Waals surface area contributed by atoms with E-state index in [4.69, 9.17) is 4.74 Å². The van der Waals surface area contributed by atoms with Crippen LogP contribution in [0, 0.1) is 15.2 Å². The second-order valence-corrected chi connectivity index (χ2v) is 5.47. The number of halogens is 3. The lowest BCUT2D eigenvalue weighted by molar-refractivity contribution is 0.406. The first-order valence-electron chi connectivity index (χ1n) is 6.22. The van der Waals surface area contributed by atoms with Crippen molar-refractivity contribution >= 4 is 22.6 Å². The monoisotopic (exact) mass is 389 g/mol. The van der Waals surface area contributed by atoms with E-state index in [1.165, 1.54) is 12.1 Å². The highest BCUT2D eigenvalue weighted by Crippen LogP contribution is 2.29. The van der Waals surface area contributed by atoms with Crippen molar-refractivity contribution in [1.82, 2.24) is 5.32 Å². The molecule has 1 N–H and O–H groups in total. The van der Waals surface area contributed by atoms with E-state index in [2.05, 4.69) is 27.9 Å². The molecule has 0 unspecified atom stereocenters. The Morgan fingerprint density at radius 2 is 1.70 bits per heavy atom. The van der Waals surface area contributed by atoms with Gasteiger partial charge in [0.15, 0.2) is 17.4 Å². The zero-order chi connectivity index (χ0) is 14.5. The van der Waals surface area contributed by atoms with E-state index >= 15 is 0 Å². The summed E-state index contributed by atoms with van der Waals surface area (Å²) in [5, 5.41) is 3.02. The second-order valence-electron chi connectivity index (χ2n) is 4.22. The van der Waals surface area contributed by atoms with Crippen molar-refractivity contribution in [2.75, 3.05) is 6.54 Å². The van der Waals surface area contributed by atoms with Crippen molar-refractivity contribution < 1.29 is 13.5 Å². The van der Waals surface area contributed by atoms with E-state index < -0.39 is 11.6 Å². The molecule has 0 atom stereocenters. The summed E-state index contributed by atoms with van der Waals surface area (Å²) in [5.41, 5.74) is 0.553. The molecule has 0 aromatic heterocycles. The summed E-state index contributed by atoms with van der Waals surface area (Å²) in [5.74, 6) is -1.36. The van der Waals surface area contributed by atoms with Crippen LogP contribution in [0.25, 0.3) is 0 Å². The lowest BCUT2D eigenvalue weighted by Gasteiger charge is -2.10. The van der Waals surface area contributed by atoms with Gasteiger partial charge in [-0.25, -0.2) is 8.78 Å². The smallest absolute Gasteiger partial charge is 0.198 e. The Kier molecular flexibility index (Phi) is 5.31. The molecular formula is C15H14F2INO. The summed E-state index contributed by atoms with van der Waals surface area (Å²) in [6.45, 7) is 3.10. The van der Waals surface area contributed by atoms with E-state index in [-0.39, 0.29) is 5.75 Å². The highest BCUT2D eigenvalue weighted by atomic mass is 127. The summed E-state index contributed by atoms with van der Waals surface area (Å²) in [6.07, 6.45) is 0. The van der Waals surface area contributed by atoms with Gasteiger partial charge < -0.3 is 10.1 Å². The Bertz CT molecular complexity index is 564. The van der Waals surface area contributed by atoms with Crippen molar-refractivity contribution in [1.29, 1.82) is 0 Å². The van der Waals surface area contributed by atoms with Crippen LogP contribution in [0.5, 0.6) is 11.5 Å². The second kappa shape index (κ2) is 6.99. The third kappa shape index (κ3) is 3.89. The van der Waals surface area contributed by atoms with E-state index in [0.717, 1.165) is 10.1 Å². The fraction of sp³-hybridized carbons (Fsp3) is 0.200. The predicted octanol–water partition coefficient (Wildman–Crippen LogP) is 4.47. The minimum Gasteiger partial charge on any atom is -0.451 e. The van der Waals surface area contributed by atoms with Gasteiger partial charge in [0.25, 0.3) is 0 Å². The van der Waals surface area contributed by atoms with Gasteiger partial charge in [-0.15, -0.1) is 0 Å². The molecule has 2 aromatic rings. The van der Waals surface area contributed by atoms with Gasteiger partial charge in [0.05, 0.1) is 0 Å². The standard InChI is InChI=1S/C15H14F2INO/c1-2-19-9-10-7-13(16)15(14(17)8-10)20-12-5-3-11(18)4-6-12/h3-8,19H,2,9H2,1H3. The first-order chi connectivity index (χ1) is 9.60. The normalized spacial score (nSPS) is 10.6. The minimum absolute atomic E-state index is 0.369. The van der Waals surface area contributed by atoms with Crippen LogP contribution in [0.3, 0.4) is 0 Å². The summed E-state index contributed by atoms with van der Waals surface area (Å²) in [6, 6.07) is 9.54. The third-order valence-electron chi connectivity index (χ3n) is 2.67. The number of ether oxygens (including phenoxy) is 1. The fourth-order valence-corrected chi connectivity index (χ4v) is 2.06. The number of benzene rings is 2. The molecule has 0 heterocycles. The fourth-order valence-electron chi connectivity index (χ4n) is 1.70. The van der Waals surface area contributed by atoms with E-state index in [0.29, 0.717) is 17.9 Å². The average molecular weight is 389 g/mol. The molecule has 0 aliphatic rings. The summed E-state index contributed by atoms with van der Waals surface area (Å²) >= 11 is 2.15. The van der Waals surface area contributed by atoms with Crippen LogP contribution in [-0.2, 0) is 6.54 Å². The Morgan fingerprint density at radius 1 is 1.10 bits per heavy atom. The van der Waals surface area contributed by atoms with Crippen molar-refractivity contribution in [3.63, 3.8) is 0 Å². The molecule has 0 spiro atoms. The van der Waals surface area contributed by atoms with Gasteiger partial charge in [-0.2, -0.15) is 0 Å². The molecule has 2 nitrogen and oxygen atoms in total. The van der Waals surface area contributed by atoms with Crippen LogP contribution in [0.4, 0.5) is 8.78 Å². The number of rotatable bonds is 5. The van der Waals surface area contributed by atoms with Crippen molar-refractivity contribution in [2.45, 2.75) is 13.5 Å². The average Bonchev–Trinajstić information content (AvgIpc) is 2.42. The molecule has 0 aliphatic heterocycles. The largest absolute Gasteiger partial charge is 0.451 e. The van der Waals surface area contributed by atoms with Crippen LogP contribution in [0.15, 0.2) is 36.4 Å². The van der Waals surface area contributed by atoms with Crippen LogP contribution >= 0.6 is 22.6 Å². The number of hydrogen-bond acceptors (Lipinski definition) is 2. The zero-order valence-corrected chi connectivity index (χ0v) is 13.1. The minimum atomic E-state index is -0.698. The molecule has 0 radical (unpaired) electrons. The maximum Gasteiger partial charge on any atom is 0.198 e. The first kappa shape index (κ1) is 15.2. The van der Waals surface area contributed by atoms with Crippen molar-refractivity contribution in [3.05, 3.63) is 57.2 Å². The maximum atomic E-state index is 13.9. The molecule has 0 amide bonds. The lowest BCUT2D eigenvalue weighted by Crippen LogP contribution is -2.12. The van der Waals surface area contributed by atoms with Gasteiger partial charge in [0.1, 0.15) is 5.75 Å². The Hall–Kier alpha value is -1.21. The third-order valence-corrected chi connectivity index (χ3v) is 3.39. The highest BCUT2D eigenvalue weighted by molar-refractivity contribution is 14.1. The molecule has 106 valence electrons. The maximum absolute atomic E-state index is 13.9. The van der Waals surface area contributed by atoms with Gasteiger partial charge in [-0.05, 0) is 71.1 Å². The molecule has 0 aliphatic carbocycles. The number of nitrogens with one attached hydrogen (secondary N) is 1. The van der Waals surface area contributed by atoms with Gasteiger partial charge in [-0.1, -0.05) is 6.92 Å². The quantitative estimate of drug-likeness (QED) is 0.762. The van der Waals surface area contributed by atoms with E-state index in [1.807, 2.05) is 19.1 Å². The molecular weight excluding hydrogens is 375 g/mol. The van der Waals surface area contributed by atoms with Gasteiger partial charge in [0, 0.05) is 10.1 Å². The molecule has 5 heteroatoms. The first-order valence-corrected chi connectivity index (χ1v) is 7.30. The Morgan fingerprint density at radius 3 is 2.25 bits per heavy atom. The molecule has 20 heavy (non-hydrogen) atoms. The van der Waals surface area contributed by atoms with E-state index in [9.17, 15) is 8.78 Å². The van der Waals surface area contributed by atoms with Crippen molar-refractivity contribution in [2.24, 2.45) is 0 Å². The van der Waals surface area contributed by atoms with Crippen LogP contribution < -0.4 is 10.1 Å². The van der Waals surface area contributed by atoms with Crippen molar-refractivity contribution in [3.8, 4) is 11.5 Å². The molecule has 0 bridgehead atoms. The molecule has 0 saturated carbocycles. The van der Waals surface area contributed by atoms with Gasteiger partial charge in [-0.3, -0.25) is 0 Å².